The van der Waals surface area contributed by atoms with Crippen molar-refractivity contribution in [2.24, 2.45) is 0 Å². The molecule has 1 heterocycles. The first kappa shape index (κ1) is 19.2. The Morgan fingerprint density at radius 1 is 1.07 bits per heavy atom. The van der Waals surface area contributed by atoms with Gasteiger partial charge < -0.3 is 10.3 Å². The van der Waals surface area contributed by atoms with Gasteiger partial charge in [-0.3, -0.25) is 9.59 Å². The number of nitrogens with one attached hydrogen (secondary N) is 2. The summed E-state index contributed by atoms with van der Waals surface area (Å²) in [4.78, 5) is 31.1. The van der Waals surface area contributed by atoms with E-state index in [1.807, 2.05) is 42.5 Å². The molecule has 7 heteroatoms. The van der Waals surface area contributed by atoms with Crippen LogP contribution < -0.4 is 10.9 Å². The third kappa shape index (κ3) is 6.27. The van der Waals surface area contributed by atoms with Crippen LogP contribution in [-0.4, -0.2) is 15.9 Å². The van der Waals surface area contributed by atoms with Crippen molar-refractivity contribution in [3.05, 3.63) is 92.9 Å². The van der Waals surface area contributed by atoms with Gasteiger partial charge in [0.05, 0.1) is 12.1 Å². The molecule has 0 aliphatic carbocycles. The quantitative estimate of drug-likeness (QED) is 0.470. The summed E-state index contributed by atoms with van der Waals surface area (Å²) in [6.07, 6.45) is 0.0450. The second kappa shape index (κ2) is 9.39. The predicted molar refractivity (Wildman–Crippen MR) is 108 cm³/mol. The number of thioether (sulfide) groups is 1. The van der Waals surface area contributed by atoms with Gasteiger partial charge in [0.2, 0.25) is 5.91 Å². The van der Waals surface area contributed by atoms with Crippen LogP contribution in [0.2, 0.25) is 5.02 Å². The lowest BCUT2D eigenvalue weighted by Gasteiger charge is -2.07. The molecular formula is C20H18ClN3O2S. The van der Waals surface area contributed by atoms with Crippen molar-refractivity contribution in [3.63, 3.8) is 0 Å². The second-order valence-corrected chi connectivity index (χ2v) is 7.30. The van der Waals surface area contributed by atoms with E-state index in [2.05, 4.69) is 15.3 Å². The van der Waals surface area contributed by atoms with E-state index in [1.54, 1.807) is 12.1 Å². The Kier molecular flexibility index (Phi) is 6.68. The minimum absolute atomic E-state index is 0.0450. The molecule has 138 valence electrons. The Labute approximate surface area is 166 Å². The van der Waals surface area contributed by atoms with Crippen LogP contribution in [-0.2, 0) is 23.5 Å². The molecule has 1 amide bonds. The molecule has 0 aliphatic rings. The largest absolute Gasteiger partial charge is 0.352 e. The third-order valence-electron chi connectivity index (χ3n) is 3.71. The summed E-state index contributed by atoms with van der Waals surface area (Å²) >= 11 is 7.36. The van der Waals surface area contributed by atoms with Gasteiger partial charge >= 0.3 is 0 Å². The fourth-order valence-corrected chi connectivity index (χ4v) is 3.51. The molecule has 1 aromatic heterocycles. The number of aromatic nitrogens is 2. The standard InChI is InChI=1S/C20H18ClN3O2S/c21-16-8-4-7-15(9-16)12-22-18(25)10-17-11-19(26)24-20(23-17)27-13-14-5-2-1-3-6-14/h1-9,11H,10,12-13H2,(H,22,25)(H,23,24,26). The highest BCUT2D eigenvalue weighted by atomic mass is 35.5. The maximum atomic E-state index is 12.2. The van der Waals surface area contributed by atoms with Crippen molar-refractivity contribution in [2.45, 2.75) is 23.9 Å². The van der Waals surface area contributed by atoms with Gasteiger partial charge in [-0.1, -0.05) is 65.8 Å². The first-order valence-electron chi connectivity index (χ1n) is 8.36. The number of aromatic amines is 1. The van der Waals surface area contributed by atoms with Crippen molar-refractivity contribution in [1.82, 2.24) is 15.3 Å². The smallest absolute Gasteiger partial charge is 0.251 e. The van der Waals surface area contributed by atoms with Crippen molar-refractivity contribution in [1.29, 1.82) is 0 Å². The van der Waals surface area contributed by atoms with Crippen LogP contribution in [0.25, 0.3) is 0 Å². The zero-order valence-corrected chi connectivity index (χ0v) is 16.0. The van der Waals surface area contributed by atoms with Crippen LogP contribution in [0.1, 0.15) is 16.8 Å². The molecule has 0 atom stereocenters. The predicted octanol–water partition coefficient (Wildman–Crippen LogP) is 3.57. The van der Waals surface area contributed by atoms with E-state index in [0.717, 1.165) is 11.1 Å². The van der Waals surface area contributed by atoms with Crippen LogP contribution in [0.3, 0.4) is 0 Å². The van der Waals surface area contributed by atoms with Gasteiger partial charge in [0.25, 0.3) is 5.56 Å². The van der Waals surface area contributed by atoms with Crippen molar-refractivity contribution < 1.29 is 4.79 Å². The molecule has 0 saturated carbocycles. The zero-order valence-electron chi connectivity index (χ0n) is 14.4. The number of benzene rings is 2. The molecule has 0 radical (unpaired) electrons. The number of carbonyl (C=O) groups excluding carboxylic acids is 1. The SMILES string of the molecule is O=C(Cc1cc(=O)[nH]c(SCc2ccccc2)n1)NCc1cccc(Cl)c1. The first-order chi connectivity index (χ1) is 13.1. The van der Waals surface area contributed by atoms with E-state index in [4.69, 9.17) is 11.6 Å². The van der Waals surface area contributed by atoms with E-state index >= 15 is 0 Å². The number of carbonyl (C=O) groups is 1. The molecule has 3 rings (SSSR count). The van der Waals surface area contributed by atoms with Gasteiger partial charge in [-0.15, -0.1) is 0 Å². The first-order valence-corrected chi connectivity index (χ1v) is 9.73. The molecule has 0 spiro atoms. The summed E-state index contributed by atoms with van der Waals surface area (Å²) in [6, 6.07) is 18.6. The van der Waals surface area contributed by atoms with E-state index < -0.39 is 0 Å². The fourth-order valence-electron chi connectivity index (χ4n) is 2.44. The summed E-state index contributed by atoms with van der Waals surface area (Å²) < 4.78 is 0. The number of amides is 1. The third-order valence-corrected chi connectivity index (χ3v) is 4.89. The van der Waals surface area contributed by atoms with Gasteiger partial charge in [0.15, 0.2) is 5.16 Å². The molecule has 2 aromatic carbocycles. The summed E-state index contributed by atoms with van der Waals surface area (Å²) in [5, 5.41) is 3.94. The maximum absolute atomic E-state index is 12.2. The van der Waals surface area contributed by atoms with Crippen LogP contribution in [0.15, 0.2) is 70.6 Å². The molecule has 0 saturated heterocycles. The fraction of sp³-hybridized carbons (Fsp3) is 0.150. The lowest BCUT2D eigenvalue weighted by atomic mass is 10.2. The highest BCUT2D eigenvalue weighted by Gasteiger charge is 2.08. The number of hydrogen-bond donors (Lipinski definition) is 2. The monoisotopic (exact) mass is 399 g/mol. The van der Waals surface area contributed by atoms with Crippen molar-refractivity contribution in [3.8, 4) is 0 Å². The van der Waals surface area contributed by atoms with E-state index in [-0.39, 0.29) is 17.9 Å². The minimum atomic E-state index is -0.266. The number of H-pyrrole nitrogens is 1. The molecule has 2 N–H and O–H groups in total. The summed E-state index contributed by atoms with van der Waals surface area (Å²) in [5.41, 5.74) is 2.22. The van der Waals surface area contributed by atoms with Gasteiger partial charge in [-0.25, -0.2) is 4.98 Å². The summed E-state index contributed by atoms with van der Waals surface area (Å²) in [6.45, 7) is 0.373. The Balaban J connectivity index is 1.58. The summed E-state index contributed by atoms with van der Waals surface area (Å²) in [7, 11) is 0. The Morgan fingerprint density at radius 2 is 1.85 bits per heavy atom. The number of hydrogen-bond acceptors (Lipinski definition) is 4. The molecule has 0 aliphatic heterocycles. The van der Waals surface area contributed by atoms with Crippen molar-refractivity contribution >= 4 is 29.3 Å². The second-order valence-electron chi connectivity index (χ2n) is 5.90. The Hall–Kier alpha value is -2.57. The van der Waals surface area contributed by atoms with Gasteiger partial charge in [0, 0.05) is 23.4 Å². The molecule has 5 nitrogen and oxygen atoms in total. The molecule has 0 unspecified atom stereocenters. The van der Waals surface area contributed by atoms with E-state index in [0.29, 0.717) is 28.2 Å². The normalized spacial score (nSPS) is 10.6. The van der Waals surface area contributed by atoms with Crippen LogP contribution in [0.4, 0.5) is 0 Å². The molecule has 0 fully saturated rings. The lowest BCUT2D eigenvalue weighted by molar-refractivity contribution is -0.120. The summed E-state index contributed by atoms with van der Waals surface area (Å²) in [5.74, 6) is 0.487. The average Bonchev–Trinajstić information content (AvgIpc) is 2.65. The Morgan fingerprint density at radius 3 is 2.63 bits per heavy atom. The minimum Gasteiger partial charge on any atom is -0.352 e. The zero-order chi connectivity index (χ0) is 19.1. The maximum Gasteiger partial charge on any atom is 0.251 e. The van der Waals surface area contributed by atoms with Crippen molar-refractivity contribution in [2.75, 3.05) is 0 Å². The number of halogens is 1. The highest BCUT2D eigenvalue weighted by molar-refractivity contribution is 7.98. The molecule has 27 heavy (non-hydrogen) atoms. The highest BCUT2D eigenvalue weighted by Crippen LogP contribution is 2.18. The molecule has 0 bridgehead atoms. The van der Waals surface area contributed by atoms with E-state index in [1.165, 1.54) is 17.8 Å². The van der Waals surface area contributed by atoms with Gasteiger partial charge in [-0.05, 0) is 23.3 Å². The van der Waals surface area contributed by atoms with E-state index in [9.17, 15) is 9.59 Å². The van der Waals surface area contributed by atoms with Crippen LogP contribution in [0.5, 0.6) is 0 Å². The Bertz CT molecular complexity index is 976. The average molecular weight is 400 g/mol. The topological polar surface area (TPSA) is 74.8 Å². The number of rotatable bonds is 7. The van der Waals surface area contributed by atoms with Crippen LogP contribution >= 0.6 is 23.4 Å². The van der Waals surface area contributed by atoms with Crippen LogP contribution in [0, 0.1) is 0 Å². The lowest BCUT2D eigenvalue weighted by Crippen LogP contribution is -2.25. The number of nitrogens with zero attached hydrogens (tertiary/aromatic N) is 1. The molecule has 3 aromatic rings. The molecular weight excluding hydrogens is 382 g/mol. The van der Waals surface area contributed by atoms with Gasteiger partial charge in [-0.2, -0.15) is 0 Å². The van der Waals surface area contributed by atoms with Gasteiger partial charge in [0.1, 0.15) is 0 Å².